The number of nitrogens with one attached hydrogen (secondary N) is 1. The first-order valence-electron chi connectivity index (χ1n) is 6.95. The van der Waals surface area contributed by atoms with Crippen LogP contribution in [-0.2, 0) is 4.74 Å². The lowest BCUT2D eigenvalue weighted by Gasteiger charge is -2.17. The fraction of sp³-hybridized carbons (Fsp3) is 0.235. The van der Waals surface area contributed by atoms with Crippen LogP contribution in [0.1, 0.15) is 22.0 Å². The zero-order valence-corrected chi connectivity index (χ0v) is 14.3. The minimum absolute atomic E-state index is 0.297. The first-order valence-corrected chi connectivity index (χ1v) is 7.70. The zero-order valence-electron chi connectivity index (χ0n) is 12.8. The SMILES string of the molecule is COc1cccc(C(CNC(=O)c2cc(Cl)ccc2Cl)OC)c1. The second kappa shape index (κ2) is 8.20. The molecule has 23 heavy (non-hydrogen) atoms. The quantitative estimate of drug-likeness (QED) is 0.849. The average molecular weight is 354 g/mol. The van der Waals surface area contributed by atoms with Crippen molar-refractivity contribution in [2.24, 2.45) is 0 Å². The molecule has 0 fully saturated rings. The number of methoxy groups -OCH3 is 2. The molecule has 0 bridgehead atoms. The molecule has 1 unspecified atom stereocenters. The fourth-order valence-electron chi connectivity index (χ4n) is 2.13. The number of rotatable bonds is 6. The van der Waals surface area contributed by atoms with Crippen molar-refractivity contribution in [1.29, 1.82) is 0 Å². The van der Waals surface area contributed by atoms with Crippen LogP contribution in [0.2, 0.25) is 10.0 Å². The normalized spacial score (nSPS) is 11.8. The van der Waals surface area contributed by atoms with Crippen LogP contribution in [0.4, 0.5) is 0 Å². The van der Waals surface area contributed by atoms with E-state index in [1.165, 1.54) is 6.07 Å². The molecule has 2 aromatic rings. The molecule has 6 heteroatoms. The Morgan fingerprint density at radius 2 is 1.96 bits per heavy atom. The lowest BCUT2D eigenvalue weighted by Crippen LogP contribution is -2.29. The van der Waals surface area contributed by atoms with Crippen LogP contribution in [0.15, 0.2) is 42.5 Å². The largest absolute Gasteiger partial charge is 0.497 e. The van der Waals surface area contributed by atoms with Crippen LogP contribution >= 0.6 is 23.2 Å². The van der Waals surface area contributed by atoms with Crippen LogP contribution < -0.4 is 10.1 Å². The molecule has 0 heterocycles. The van der Waals surface area contributed by atoms with E-state index in [9.17, 15) is 4.79 Å². The van der Waals surface area contributed by atoms with E-state index >= 15 is 0 Å². The molecule has 122 valence electrons. The average Bonchev–Trinajstić information content (AvgIpc) is 2.57. The summed E-state index contributed by atoms with van der Waals surface area (Å²) in [7, 11) is 3.19. The number of hydrogen-bond donors (Lipinski definition) is 1. The Balaban J connectivity index is 2.07. The molecular formula is C17H17Cl2NO3. The van der Waals surface area contributed by atoms with E-state index in [0.717, 1.165) is 11.3 Å². The van der Waals surface area contributed by atoms with Gasteiger partial charge in [0.25, 0.3) is 5.91 Å². The summed E-state index contributed by atoms with van der Waals surface area (Å²) in [5, 5.41) is 3.61. The van der Waals surface area contributed by atoms with Gasteiger partial charge in [-0.15, -0.1) is 0 Å². The highest BCUT2D eigenvalue weighted by Crippen LogP contribution is 2.23. The summed E-state index contributed by atoms with van der Waals surface area (Å²) < 4.78 is 10.6. The Labute approximate surface area is 145 Å². The van der Waals surface area contributed by atoms with E-state index in [4.69, 9.17) is 32.7 Å². The van der Waals surface area contributed by atoms with Crippen LogP contribution in [0, 0.1) is 0 Å². The molecule has 2 rings (SSSR count). The highest BCUT2D eigenvalue weighted by Gasteiger charge is 2.15. The number of carbonyl (C=O) groups excluding carboxylic acids is 1. The van der Waals surface area contributed by atoms with Gasteiger partial charge in [0, 0.05) is 18.7 Å². The Morgan fingerprint density at radius 3 is 2.65 bits per heavy atom. The van der Waals surface area contributed by atoms with Gasteiger partial charge in [0.05, 0.1) is 23.8 Å². The molecule has 0 aliphatic carbocycles. The molecule has 0 saturated heterocycles. The lowest BCUT2D eigenvalue weighted by atomic mass is 10.1. The molecule has 1 amide bonds. The Hall–Kier alpha value is -1.75. The Morgan fingerprint density at radius 1 is 1.17 bits per heavy atom. The number of benzene rings is 2. The third-order valence-electron chi connectivity index (χ3n) is 3.37. The summed E-state index contributed by atoms with van der Waals surface area (Å²) in [6.45, 7) is 0.297. The van der Waals surface area contributed by atoms with E-state index in [2.05, 4.69) is 5.32 Å². The lowest BCUT2D eigenvalue weighted by molar-refractivity contribution is 0.0827. The van der Waals surface area contributed by atoms with Crippen molar-refractivity contribution in [2.75, 3.05) is 20.8 Å². The van der Waals surface area contributed by atoms with Crippen molar-refractivity contribution < 1.29 is 14.3 Å². The molecule has 0 aromatic heterocycles. The molecule has 1 atom stereocenters. The highest BCUT2D eigenvalue weighted by molar-refractivity contribution is 6.35. The van der Waals surface area contributed by atoms with Crippen LogP contribution in [0.3, 0.4) is 0 Å². The van der Waals surface area contributed by atoms with Gasteiger partial charge >= 0.3 is 0 Å². The predicted molar refractivity (Wildman–Crippen MR) is 91.5 cm³/mol. The monoisotopic (exact) mass is 353 g/mol. The number of halogens is 2. The van der Waals surface area contributed by atoms with E-state index in [-0.39, 0.29) is 12.0 Å². The van der Waals surface area contributed by atoms with Gasteiger partial charge in [0.15, 0.2) is 0 Å². The van der Waals surface area contributed by atoms with Crippen molar-refractivity contribution in [1.82, 2.24) is 5.32 Å². The van der Waals surface area contributed by atoms with Gasteiger partial charge in [-0.05, 0) is 35.9 Å². The second-order valence-electron chi connectivity index (χ2n) is 4.84. The maximum atomic E-state index is 12.3. The van der Waals surface area contributed by atoms with Crippen molar-refractivity contribution in [3.05, 3.63) is 63.6 Å². The van der Waals surface area contributed by atoms with Gasteiger partial charge in [-0.1, -0.05) is 35.3 Å². The number of carbonyl (C=O) groups is 1. The van der Waals surface area contributed by atoms with Gasteiger partial charge in [-0.25, -0.2) is 0 Å². The third kappa shape index (κ3) is 4.61. The minimum atomic E-state index is -0.303. The number of hydrogen-bond acceptors (Lipinski definition) is 3. The van der Waals surface area contributed by atoms with Gasteiger partial charge in [0.2, 0.25) is 0 Å². The second-order valence-corrected chi connectivity index (χ2v) is 5.68. The van der Waals surface area contributed by atoms with E-state index in [1.807, 2.05) is 24.3 Å². The first kappa shape index (κ1) is 17.6. The van der Waals surface area contributed by atoms with E-state index in [1.54, 1.807) is 26.4 Å². The Bertz CT molecular complexity index is 691. The molecule has 0 radical (unpaired) electrons. The smallest absolute Gasteiger partial charge is 0.252 e. The van der Waals surface area contributed by atoms with Gasteiger partial charge in [0.1, 0.15) is 5.75 Å². The summed E-state index contributed by atoms with van der Waals surface area (Å²) in [6, 6.07) is 12.3. The van der Waals surface area contributed by atoms with Gasteiger partial charge < -0.3 is 14.8 Å². The van der Waals surface area contributed by atoms with Gasteiger partial charge in [-0.2, -0.15) is 0 Å². The van der Waals surface area contributed by atoms with Crippen molar-refractivity contribution in [2.45, 2.75) is 6.10 Å². The minimum Gasteiger partial charge on any atom is -0.497 e. The van der Waals surface area contributed by atoms with Crippen molar-refractivity contribution >= 4 is 29.1 Å². The first-order chi connectivity index (χ1) is 11.0. The summed E-state index contributed by atoms with van der Waals surface area (Å²) in [6.07, 6.45) is -0.299. The summed E-state index contributed by atoms with van der Waals surface area (Å²) in [5.74, 6) is 0.427. The fourth-order valence-corrected chi connectivity index (χ4v) is 2.51. The van der Waals surface area contributed by atoms with Crippen molar-refractivity contribution in [3.63, 3.8) is 0 Å². The number of ether oxygens (including phenoxy) is 2. The summed E-state index contributed by atoms with van der Waals surface area (Å²) in [5.41, 5.74) is 1.24. The van der Waals surface area contributed by atoms with Crippen LogP contribution in [-0.4, -0.2) is 26.7 Å². The van der Waals surface area contributed by atoms with Gasteiger partial charge in [-0.3, -0.25) is 4.79 Å². The predicted octanol–water partition coefficient (Wildman–Crippen LogP) is 4.12. The van der Waals surface area contributed by atoms with Crippen LogP contribution in [0.5, 0.6) is 5.75 Å². The molecule has 2 aromatic carbocycles. The zero-order chi connectivity index (χ0) is 16.8. The van der Waals surface area contributed by atoms with E-state index < -0.39 is 0 Å². The maximum Gasteiger partial charge on any atom is 0.252 e. The standard InChI is InChI=1S/C17H17Cl2NO3/c1-22-13-5-3-4-11(8-13)16(23-2)10-20-17(21)14-9-12(18)6-7-15(14)19/h3-9,16H,10H2,1-2H3,(H,20,21). The van der Waals surface area contributed by atoms with Crippen LogP contribution in [0.25, 0.3) is 0 Å². The molecule has 4 nitrogen and oxygen atoms in total. The third-order valence-corrected chi connectivity index (χ3v) is 3.94. The molecule has 0 saturated carbocycles. The summed E-state index contributed by atoms with van der Waals surface area (Å²) >= 11 is 11.9. The molecule has 1 N–H and O–H groups in total. The van der Waals surface area contributed by atoms with E-state index in [0.29, 0.717) is 22.2 Å². The molecular weight excluding hydrogens is 337 g/mol. The summed E-state index contributed by atoms with van der Waals surface area (Å²) in [4.78, 5) is 12.3. The molecule has 0 spiro atoms. The molecule has 0 aliphatic rings. The van der Waals surface area contributed by atoms with Crippen molar-refractivity contribution in [3.8, 4) is 5.75 Å². The number of amides is 1. The topological polar surface area (TPSA) is 47.6 Å². The maximum absolute atomic E-state index is 12.3. The molecule has 0 aliphatic heterocycles. The highest BCUT2D eigenvalue weighted by atomic mass is 35.5. The Kier molecular flexibility index (Phi) is 6.28.